The number of hydrogen-bond donors (Lipinski definition) is 2. The van der Waals surface area contributed by atoms with Crippen molar-refractivity contribution in [2.75, 3.05) is 54.1 Å². The predicted octanol–water partition coefficient (Wildman–Crippen LogP) is 0.217. The Balaban J connectivity index is 1.70. The Bertz CT molecular complexity index is 594. The molecule has 0 bridgehead atoms. The molecular formula is C13H18N8. The van der Waals surface area contributed by atoms with Gasteiger partial charge in [0.15, 0.2) is 0 Å². The van der Waals surface area contributed by atoms with E-state index < -0.39 is 0 Å². The average molecular weight is 286 g/mol. The van der Waals surface area contributed by atoms with Gasteiger partial charge in [-0.1, -0.05) is 0 Å². The minimum atomic E-state index is 0.283. The van der Waals surface area contributed by atoms with Crippen LogP contribution in [0.1, 0.15) is 0 Å². The minimum absolute atomic E-state index is 0.283. The Morgan fingerprint density at radius 2 is 1.71 bits per heavy atom. The van der Waals surface area contributed by atoms with Crippen molar-refractivity contribution in [1.82, 2.24) is 19.9 Å². The summed E-state index contributed by atoms with van der Waals surface area (Å²) in [4.78, 5) is 21.3. The fourth-order valence-electron chi connectivity index (χ4n) is 2.33. The van der Waals surface area contributed by atoms with E-state index in [4.69, 9.17) is 5.73 Å². The molecule has 3 N–H and O–H groups in total. The Morgan fingerprint density at radius 1 is 1.05 bits per heavy atom. The monoisotopic (exact) mass is 286 g/mol. The van der Waals surface area contributed by atoms with Crippen molar-refractivity contribution in [3.8, 4) is 0 Å². The molecule has 21 heavy (non-hydrogen) atoms. The molecule has 0 radical (unpaired) electrons. The van der Waals surface area contributed by atoms with Crippen LogP contribution in [0.15, 0.2) is 24.5 Å². The average Bonchev–Trinajstić information content (AvgIpc) is 2.55. The summed E-state index contributed by atoms with van der Waals surface area (Å²) in [5.41, 5.74) is 5.74. The second-order valence-electron chi connectivity index (χ2n) is 4.74. The summed E-state index contributed by atoms with van der Waals surface area (Å²) in [6.07, 6.45) is 3.53. The van der Waals surface area contributed by atoms with Gasteiger partial charge < -0.3 is 20.9 Å². The van der Waals surface area contributed by atoms with Gasteiger partial charge in [0.05, 0.1) is 0 Å². The van der Waals surface area contributed by atoms with E-state index in [0.29, 0.717) is 0 Å². The summed E-state index contributed by atoms with van der Waals surface area (Å²) in [5.74, 6) is 2.63. The lowest BCUT2D eigenvalue weighted by Gasteiger charge is -2.35. The zero-order valence-corrected chi connectivity index (χ0v) is 11.9. The smallest absolute Gasteiger partial charge is 0.225 e. The maximum atomic E-state index is 5.74. The molecule has 0 aromatic carbocycles. The van der Waals surface area contributed by atoms with E-state index in [2.05, 4.69) is 35.1 Å². The molecule has 0 amide bonds. The highest BCUT2D eigenvalue weighted by Crippen LogP contribution is 2.19. The summed E-state index contributed by atoms with van der Waals surface area (Å²) in [6.45, 7) is 3.39. The van der Waals surface area contributed by atoms with Crippen molar-refractivity contribution in [1.29, 1.82) is 0 Å². The number of aromatic nitrogens is 4. The number of hydrogen-bond acceptors (Lipinski definition) is 8. The van der Waals surface area contributed by atoms with Crippen LogP contribution < -0.4 is 20.9 Å². The standard InChI is InChI=1S/C13H18N8/c1-15-10-9-11(19-12(14)18-10)20-5-7-21(8-6-20)13-16-3-2-4-17-13/h2-4,9H,5-8H2,1H3,(H3,14,15,18,19). The molecule has 8 nitrogen and oxygen atoms in total. The predicted molar refractivity (Wildman–Crippen MR) is 82.4 cm³/mol. The van der Waals surface area contributed by atoms with E-state index in [0.717, 1.165) is 43.8 Å². The van der Waals surface area contributed by atoms with Crippen molar-refractivity contribution in [3.05, 3.63) is 24.5 Å². The van der Waals surface area contributed by atoms with Crippen molar-refractivity contribution in [2.45, 2.75) is 0 Å². The van der Waals surface area contributed by atoms with Crippen LogP contribution in [0.5, 0.6) is 0 Å². The Kier molecular flexibility index (Phi) is 3.67. The van der Waals surface area contributed by atoms with E-state index in [-0.39, 0.29) is 5.95 Å². The van der Waals surface area contributed by atoms with Gasteiger partial charge in [-0.3, -0.25) is 0 Å². The molecular weight excluding hydrogens is 268 g/mol. The third kappa shape index (κ3) is 2.93. The van der Waals surface area contributed by atoms with Crippen LogP contribution in [0.2, 0.25) is 0 Å². The first-order valence-electron chi connectivity index (χ1n) is 6.85. The van der Waals surface area contributed by atoms with Gasteiger partial charge in [0, 0.05) is 51.7 Å². The van der Waals surface area contributed by atoms with Gasteiger partial charge in [-0.05, 0) is 6.07 Å². The fraction of sp³-hybridized carbons (Fsp3) is 0.385. The first-order chi connectivity index (χ1) is 10.3. The van der Waals surface area contributed by atoms with Gasteiger partial charge in [0.1, 0.15) is 11.6 Å². The van der Waals surface area contributed by atoms with Gasteiger partial charge in [0.25, 0.3) is 0 Å². The second kappa shape index (κ2) is 5.78. The highest BCUT2D eigenvalue weighted by atomic mass is 15.3. The van der Waals surface area contributed by atoms with Crippen molar-refractivity contribution < 1.29 is 0 Å². The van der Waals surface area contributed by atoms with Gasteiger partial charge in [-0.15, -0.1) is 0 Å². The molecule has 3 heterocycles. The molecule has 0 unspecified atom stereocenters. The first kappa shape index (κ1) is 13.3. The molecule has 1 aliphatic rings. The topological polar surface area (TPSA) is 96.1 Å². The lowest BCUT2D eigenvalue weighted by Crippen LogP contribution is -2.47. The summed E-state index contributed by atoms with van der Waals surface area (Å²) in [6, 6.07) is 3.73. The van der Waals surface area contributed by atoms with E-state index in [1.54, 1.807) is 12.4 Å². The van der Waals surface area contributed by atoms with Crippen LogP contribution in [0.3, 0.4) is 0 Å². The SMILES string of the molecule is CNc1cc(N2CCN(c3ncccn3)CC2)nc(N)n1. The van der Waals surface area contributed by atoms with Crippen molar-refractivity contribution in [2.24, 2.45) is 0 Å². The molecule has 2 aromatic rings. The quantitative estimate of drug-likeness (QED) is 0.827. The molecule has 0 saturated carbocycles. The third-order valence-electron chi connectivity index (χ3n) is 3.42. The van der Waals surface area contributed by atoms with Crippen molar-refractivity contribution in [3.63, 3.8) is 0 Å². The number of rotatable bonds is 3. The maximum Gasteiger partial charge on any atom is 0.225 e. The molecule has 0 aliphatic carbocycles. The summed E-state index contributed by atoms with van der Waals surface area (Å²) < 4.78 is 0. The molecule has 3 rings (SSSR count). The van der Waals surface area contributed by atoms with Crippen LogP contribution in [0.25, 0.3) is 0 Å². The lowest BCUT2D eigenvalue weighted by molar-refractivity contribution is 0.634. The largest absolute Gasteiger partial charge is 0.373 e. The first-order valence-corrected chi connectivity index (χ1v) is 6.85. The number of piperazine rings is 1. The van der Waals surface area contributed by atoms with Gasteiger partial charge in [0.2, 0.25) is 11.9 Å². The molecule has 2 aromatic heterocycles. The van der Waals surface area contributed by atoms with Crippen LogP contribution in [0, 0.1) is 0 Å². The highest BCUT2D eigenvalue weighted by molar-refractivity contribution is 5.53. The zero-order chi connectivity index (χ0) is 14.7. The normalized spacial score (nSPS) is 15.1. The number of anilines is 4. The Morgan fingerprint density at radius 3 is 2.38 bits per heavy atom. The molecule has 1 fully saturated rings. The van der Waals surface area contributed by atoms with Crippen LogP contribution in [-0.2, 0) is 0 Å². The van der Waals surface area contributed by atoms with E-state index >= 15 is 0 Å². The van der Waals surface area contributed by atoms with Gasteiger partial charge in [-0.25, -0.2) is 9.97 Å². The lowest BCUT2D eigenvalue weighted by atomic mass is 10.3. The molecule has 110 valence electrons. The third-order valence-corrected chi connectivity index (χ3v) is 3.42. The summed E-state index contributed by atoms with van der Waals surface area (Å²) in [5, 5.41) is 2.99. The summed E-state index contributed by atoms with van der Waals surface area (Å²) >= 11 is 0. The van der Waals surface area contributed by atoms with E-state index in [1.165, 1.54) is 0 Å². The second-order valence-corrected chi connectivity index (χ2v) is 4.74. The Hall–Kier alpha value is -2.64. The van der Waals surface area contributed by atoms with Gasteiger partial charge >= 0.3 is 0 Å². The maximum absolute atomic E-state index is 5.74. The number of nitrogens with zero attached hydrogens (tertiary/aromatic N) is 6. The van der Waals surface area contributed by atoms with Crippen LogP contribution in [-0.4, -0.2) is 53.2 Å². The van der Waals surface area contributed by atoms with E-state index in [9.17, 15) is 0 Å². The van der Waals surface area contributed by atoms with Crippen LogP contribution >= 0.6 is 0 Å². The fourth-order valence-corrected chi connectivity index (χ4v) is 2.33. The molecule has 0 spiro atoms. The minimum Gasteiger partial charge on any atom is -0.373 e. The van der Waals surface area contributed by atoms with Crippen molar-refractivity contribution >= 4 is 23.5 Å². The number of nitrogens with one attached hydrogen (secondary N) is 1. The van der Waals surface area contributed by atoms with Crippen LogP contribution in [0.4, 0.5) is 23.5 Å². The molecule has 1 aliphatic heterocycles. The Labute approximate surface area is 123 Å². The molecule has 8 heteroatoms. The number of nitrogen functional groups attached to an aromatic ring is 1. The van der Waals surface area contributed by atoms with Gasteiger partial charge in [-0.2, -0.15) is 9.97 Å². The van der Waals surface area contributed by atoms with E-state index in [1.807, 2.05) is 19.2 Å². The molecule has 1 saturated heterocycles. The summed E-state index contributed by atoms with van der Waals surface area (Å²) in [7, 11) is 1.82. The number of nitrogens with two attached hydrogens (primary N) is 1. The zero-order valence-electron chi connectivity index (χ0n) is 11.9. The molecule has 0 atom stereocenters. The highest BCUT2D eigenvalue weighted by Gasteiger charge is 2.20.